The predicted molar refractivity (Wildman–Crippen MR) is 191 cm³/mol. The number of anilines is 4. The van der Waals surface area contributed by atoms with Crippen LogP contribution in [-0.4, -0.2) is 61.3 Å². The van der Waals surface area contributed by atoms with Crippen molar-refractivity contribution in [1.82, 2.24) is 29.9 Å². The molecular weight excluding hydrogens is 645 g/mol. The highest BCUT2D eigenvalue weighted by Gasteiger charge is 2.34. The molecule has 1 fully saturated rings. The van der Waals surface area contributed by atoms with Crippen molar-refractivity contribution in [2.24, 2.45) is 5.41 Å². The Kier molecular flexibility index (Phi) is 9.43. The Morgan fingerprint density at radius 2 is 1.85 bits per heavy atom. The maximum atomic E-state index is 12.6. The lowest BCUT2D eigenvalue weighted by Gasteiger charge is -2.36. The summed E-state index contributed by atoms with van der Waals surface area (Å²) >= 11 is 2.96. The van der Waals surface area contributed by atoms with Gasteiger partial charge in [0, 0.05) is 49.2 Å². The molecular formula is C35H42N8O3S2. The largest absolute Gasteiger partial charge is 0.476 e. The van der Waals surface area contributed by atoms with E-state index in [1.807, 2.05) is 36.2 Å². The number of carboxylic acids is 1. The van der Waals surface area contributed by atoms with Gasteiger partial charge in [-0.1, -0.05) is 66.9 Å². The van der Waals surface area contributed by atoms with Gasteiger partial charge < -0.3 is 20.1 Å². The minimum atomic E-state index is -1.05. The molecule has 13 heteroatoms. The van der Waals surface area contributed by atoms with Gasteiger partial charge >= 0.3 is 5.97 Å². The highest BCUT2D eigenvalue weighted by Crippen LogP contribution is 2.44. The number of hydrogen-bond donors (Lipinski definition) is 2. The Balaban J connectivity index is 1.15. The summed E-state index contributed by atoms with van der Waals surface area (Å²) in [5, 5.41) is 29.0. The van der Waals surface area contributed by atoms with Gasteiger partial charge in [-0.15, -0.1) is 10.2 Å². The summed E-state index contributed by atoms with van der Waals surface area (Å²) in [6.45, 7) is 6.33. The molecule has 11 nitrogen and oxygen atoms in total. The van der Waals surface area contributed by atoms with E-state index in [1.54, 1.807) is 18.4 Å². The predicted octanol–water partition coefficient (Wildman–Crippen LogP) is 8.32. The molecule has 7 rings (SSSR count). The lowest BCUT2D eigenvalue weighted by molar-refractivity contribution is 0.0692. The first kappa shape index (κ1) is 32.6. The van der Waals surface area contributed by atoms with Crippen LogP contribution in [-0.2, 0) is 17.7 Å². The maximum Gasteiger partial charge on any atom is 0.356 e. The van der Waals surface area contributed by atoms with Gasteiger partial charge in [0.2, 0.25) is 0 Å². The van der Waals surface area contributed by atoms with Gasteiger partial charge in [0.25, 0.3) is 0 Å². The number of nitrogens with zero attached hydrogens (tertiary/aromatic N) is 7. The number of hydrogen-bond acceptors (Lipinski definition) is 11. The van der Waals surface area contributed by atoms with Gasteiger partial charge in [-0.25, -0.2) is 14.8 Å². The number of carbonyl (C=O) groups is 1. The van der Waals surface area contributed by atoms with E-state index < -0.39 is 5.97 Å². The molecule has 0 atom stereocenters. The highest BCUT2D eigenvalue weighted by atomic mass is 32.1. The molecule has 1 aliphatic heterocycles. The molecule has 5 heterocycles. The van der Waals surface area contributed by atoms with E-state index in [2.05, 4.69) is 43.2 Å². The molecule has 5 aromatic rings. The van der Waals surface area contributed by atoms with Crippen LogP contribution in [0.4, 0.5) is 21.9 Å². The van der Waals surface area contributed by atoms with Crippen LogP contribution in [0.1, 0.15) is 85.1 Å². The number of para-hydroxylation sites is 1. The van der Waals surface area contributed by atoms with Crippen molar-refractivity contribution < 1.29 is 14.6 Å². The van der Waals surface area contributed by atoms with Crippen LogP contribution < -0.4 is 10.2 Å². The average Bonchev–Trinajstić information content (AvgIpc) is 3.85. The molecule has 2 aliphatic rings. The van der Waals surface area contributed by atoms with Crippen molar-refractivity contribution in [3.63, 3.8) is 0 Å². The van der Waals surface area contributed by atoms with Crippen LogP contribution in [0.3, 0.4) is 0 Å². The second-order valence-corrected chi connectivity index (χ2v) is 15.1. The Hall–Kier alpha value is -3.94. The molecule has 0 bridgehead atoms. The van der Waals surface area contributed by atoms with Crippen LogP contribution >= 0.6 is 22.7 Å². The van der Waals surface area contributed by atoms with Gasteiger partial charge in [-0.2, -0.15) is 5.10 Å². The van der Waals surface area contributed by atoms with Gasteiger partial charge in [-0.3, -0.25) is 4.68 Å². The number of methoxy groups -OCH3 is 1. The topological polar surface area (TPSA) is 131 Å². The van der Waals surface area contributed by atoms with E-state index in [9.17, 15) is 9.90 Å². The number of carboxylic acid groups (broad SMARTS) is 1. The summed E-state index contributed by atoms with van der Waals surface area (Å²) in [6.07, 6.45) is 13.4. The summed E-state index contributed by atoms with van der Waals surface area (Å²) in [5.41, 5.74) is 5.03. The number of fused-ring (bicyclic) bond motifs is 2. The third-order valence-corrected chi connectivity index (χ3v) is 12.1. The van der Waals surface area contributed by atoms with E-state index in [4.69, 9.17) is 9.84 Å². The summed E-state index contributed by atoms with van der Waals surface area (Å²) in [6, 6.07) is 8.04. The molecule has 4 aromatic heterocycles. The van der Waals surface area contributed by atoms with E-state index >= 15 is 0 Å². The Morgan fingerprint density at radius 3 is 2.62 bits per heavy atom. The minimum absolute atomic E-state index is 0.0469. The lowest BCUT2D eigenvalue weighted by Crippen LogP contribution is -2.29. The lowest BCUT2D eigenvalue weighted by atomic mass is 9.73. The molecule has 252 valence electrons. The zero-order valence-corrected chi connectivity index (χ0v) is 29.4. The standard InChI is InChI=1S/C35H42N8O3S2/c1-22-24-14-18-42(31(24)41-40-30(22)39-33-37-26-12-7-8-13-27(26)47-33)34-38-28(32(44)45)29(48-34)25-20-36-43(23(25)2)21-35(17-11-19-46-3)15-9-5-4-6-10-16-35/h7-8,12-13,20H,4-6,9-11,14-19,21H2,1-3H3,(H,44,45)(H,37,39,40). The number of benzene rings is 1. The fourth-order valence-electron chi connectivity index (χ4n) is 7.35. The highest BCUT2D eigenvalue weighted by molar-refractivity contribution is 7.22. The molecule has 0 radical (unpaired) electrons. The van der Waals surface area contributed by atoms with Crippen LogP contribution in [0.25, 0.3) is 20.7 Å². The number of aromatic nitrogens is 6. The third-order valence-electron chi connectivity index (χ3n) is 10.0. The van der Waals surface area contributed by atoms with Crippen molar-refractivity contribution in [2.45, 2.75) is 84.6 Å². The summed E-state index contributed by atoms with van der Waals surface area (Å²) < 4.78 is 8.63. The Labute approximate surface area is 288 Å². The number of nitrogens with one attached hydrogen (secondary N) is 1. The average molecular weight is 687 g/mol. The van der Waals surface area contributed by atoms with Crippen molar-refractivity contribution in [3.8, 4) is 10.4 Å². The molecule has 1 aliphatic carbocycles. The van der Waals surface area contributed by atoms with Crippen LogP contribution in [0.15, 0.2) is 30.5 Å². The van der Waals surface area contributed by atoms with Gasteiger partial charge in [0.1, 0.15) is 0 Å². The molecule has 0 spiro atoms. The van der Waals surface area contributed by atoms with Crippen LogP contribution in [0, 0.1) is 19.3 Å². The molecule has 48 heavy (non-hydrogen) atoms. The Morgan fingerprint density at radius 1 is 1.06 bits per heavy atom. The normalized spacial score (nSPS) is 16.2. The zero-order chi connectivity index (χ0) is 33.3. The first-order valence-electron chi connectivity index (χ1n) is 16.9. The second-order valence-electron chi connectivity index (χ2n) is 13.1. The van der Waals surface area contributed by atoms with Gasteiger partial charge in [0.15, 0.2) is 27.6 Å². The number of thiazole rings is 2. The van der Waals surface area contributed by atoms with E-state index in [1.165, 1.54) is 56.3 Å². The summed E-state index contributed by atoms with van der Waals surface area (Å²) in [7, 11) is 1.77. The zero-order valence-electron chi connectivity index (χ0n) is 27.8. The fourth-order valence-corrected chi connectivity index (χ4v) is 9.37. The van der Waals surface area contributed by atoms with Gasteiger partial charge in [-0.05, 0) is 63.5 Å². The molecule has 0 saturated heterocycles. The second kappa shape index (κ2) is 13.9. The van der Waals surface area contributed by atoms with Crippen LogP contribution in [0.5, 0.6) is 0 Å². The summed E-state index contributed by atoms with van der Waals surface area (Å²) in [4.78, 5) is 24.5. The third kappa shape index (κ3) is 6.42. The van der Waals surface area contributed by atoms with Crippen molar-refractivity contribution in [3.05, 3.63) is 53.0 Å². The molecule has 1 aromatic carbocycles. The smallest absolute Gasteiger partial charge is 0.356 e. The van der Waals surface area contributed by atoms with Crippen molar-refractivity contribution >= 4 is 60.8 Å². The number of ether oxygens (including phenoxy) is 1. The minimum Gasteiger partial charge on any atom is -0.476 e. The monoisotopic (exact) mass is 686 g/mol. The quantitative estimate of drug-likeness (QED) is 0.131. The van der Waals surface area contributed by atoms with Gasteiger partial charge in [0.05, 0.1) is 21.3 Å². The SMILES string of the molecule is COCCCC1(Cn2ncc(-c3sc(N4CCc5c4nnc(Nc4nc6ccccc6s4)c5C)nc3C(=O)O)c2C)CCCCCCC1. The van der Waals surface area contributed by atoms with E-state index in [-0.39, 0.29) is 11.1 Å². The summed E-state index contributed by atoms with van der Waals surface area (Å²) in [5.74, 6) is 0.343. The molecule has 1 saturated carbocycles. The first-order valence-corrected chi connectivity index (χ1v) is 18.5. The van der Waals surface area contributed by atoms with E-state index in [0.717, 1.165) is 70.1 Å². The van der Waals surface area contributed by atoms with Crippen molar-refractivity contribution in [1.29, 1.82) is 0 Å². The number of rotatable bonds is 11. The molecule has 0 amide bonds. The first-order chi connectivity index (χ1) is 23.4. The van der Waals surface area contributed by atoms with E-state index in [0.29, 0.717) is 28.2 Å². The number of aromatic carboxylic acids is 1. The molecule has 0 unspecified atom stereocenters. The molecule has 2 N–H and O–H groups in total. The fraction of sp³-hybridized carbons (Fsp3) is 0.486. The Bertz CT molecular complexity index is 1890. The van der Waals surface area contributed by atoms with Crippen molar-refractivity contribution in [2.75, 3.05) is 30.5 Å². The maximum absolute atomic E-state index is 12.6. The van der Waals surface area contributed by atoms with Crippen LogP contribution in [0.2, 0.25) is 0 Å².